The standard InChI is InChI=1S/C28H23ClN4O2/c1-17(34)33-25(18-9-3-2-4-10-18)15-23(31-33)20-12-6-8-14-24(20)32-27(26(29)28(32)35)21-16-30-22-13-7-5-11-19(21)22/h2-14,16,25-27,30H,15H2,1H3. The lowest BCUT2D eigenvalue weighted by Crippen LogP contribution is -2.56. The molecule has 1 aromatic heterocycles. The first-order chi connectivity index (χ1) is 17.0. The van der Waals surface area contributed by atoms with Gasteiger partial charge in [0, 0.05) is 41.6 Å². The van der Waals surface area contributed by atoms with Gasteiger partial charge in [-0.15, -0.1) is 11.6 Å². The highest BCUT2D eigenvalue weighted by molar-refractivity contribution is 6.38. The molecular weight excluding hydrogens is 460 g/mol. The summed E-state index contributed by atoms with van der Waals surface area (Å²) in [6.07, 6.45) is 2.49. The van der Waals surface area contributed by atoms with E-state index >= 15 is 0 Å². The first kappa shape index (κ1) is 21.6. The summed E-state index contributed by atoms with van der Waals surface area (Å²) in [7, 11) is 0. The Balaban J connectivity index is 1.41. The molecule has 0 spiro atoms. The summed E-state index contributed by atoms with van der Waals surface area (Å²) in [5.41, 5.74) is 5.36. The maximum atomic E-state index is 13.1. The third-order valence-electron chi connectivity index (χ3n) is 6.86. The predicted molar refractivity (Wildman–Crippen MR) is 137 cm³/mol. The van der Waals surface area contributed by atoms with E-state index in [2.05, 4.69) is 4.98 Å². The van der Waals surface area contributed by atoms with Gasteiger partial charge in [0.15, 0.2) is 0 Å². The van der Waals surface area contributed by atoms with Gasteiger partial charge in [0.2, 0.25) is 11.8 Å². The van der Waals surface area contributed by atoms with Gasteiger partial charge in [-0.1, -0.05) is 66.7 Å². The van der Waals surface area contributed by atoms with Crippen molar-refractivity contribution in [2.75, 3.05) is 4.90 Å². The molecule has 0 radical (unpaired) electrons. The molecule has 4 aromatic rings. The zero-order chi connectivity index (χ0) is 24.1. The van der Waals surface area contributed by atoms with Crippen LogP contribution in [0.2, 0.25) is 0 Å². The van der Waals surface area contributed by atoms with Crippen molar-refractivity contribution in [3.63, 3.8) is 0 Å². The molecule has 6 nitrogen and oxygen atoms in total. The second kappa shape index (κ2) is 8.40. The minimum Gasteiger partial charge on any atom is -0.361 e. The summed E-state index contributed by atoms with van der Waals surface area (Å²) >= 11 is 6.59. The molecule has 7 heteroatoms. The monoisotopic (exact) mass is 482 g/mol. The highest BCUT2D eigenvalue weighted by Crippen LogP contribution is 2.46. The smallest absolute Gasteiger partial charge is 0.248 e. The van der Waals surface area contributed by atoms with Gasteiger partial charge < -0.3 is 9.88 Å². The molecule has 3 heterocycles. The Labute approximate surface area is 207 Å². The number of amides is 2. The lowest BCUT2D eigenvalue weighted by atomic mass is 9.90. The van der Waals surface area contributed by atoms with Crippen LogP contribution in [0.25, 0.3) is 10.9 Å². The van der Waals surface area contributed by atoms with Crippen LogP contribution in [0, 0.1) is 0 Å². The molecule has 35 heavy (non-hydrogen) atoms. The number of nitrogens with one attached hydrogen (secondary N) is 1. The molecule has 0 bridgehead atoms. The number of halogens is 1. The summed E-state index contributed by atoms with van der Waals surface area (Å²) in [5, 5.41) is 6.66. The number of anilines is 1. The number of alkyl halides is 1. The molecule has 6 rings (SSSR count). The van der Waals surface area contributed by atoms with E-state index in [0.717, 1.165) is 39.0 Å². The van der Waals surface area contributed by atoms with Crippen molar-refractivity contribution in [1.82, 2.24) is 9.99 Å². The number of β-lactam (4-membered cyclic amide) rings is 1. The maximum Gasteiger partial charge on any atom is 0.248 e. The van der Waals surface area contributed by atoms with Crippen LogP contribution in [0.15, 0.2) is 90.2 Å². The number of rotatable bonds is 4. The Kier molecular flexibility index (Phi) is 5.19. The van der Waals surface area contributed by atoms with Crippen LogP contribution in [-0.2, 0) is 9.59 Å². The molecule has 2 amide bonds. The fourth-order valence-corrected chi connectivity index (χ4v) is 5.54. The van der Waals surface area contributed by atoms with Crippen molar-refractivity contribution in [2.24, 2.45) is 5.10 Å². The van der Waals surface area contributed by atoms with Gasteiger partial charge in [-0.25, -0.2) is 5.01 Å². The number of benzene rings is 3. The van der Waals surface area contributed by atoms with Crippen LogP contribution < -0.4 is 4.90 Å². The van der Waals surface area contributed by atoms with Crippen molar-refractivity contribution in [3.8, 4) is 0 Å². The third kappa shape index (κ3) is 3.44. The number of hydrogen-bond donors (Lipinski definition) is 1. The highest BCUT2D eigenvalue weighted by Gasteiger charge is 2.49. The summed E-state index contributed by atoms with van der Waals surface area (Å²) in [5.74, 6) is -0.264. The molecule has 0 aliphatic carbocycles. The SMILES string of the molecule is CC(=O)N1N=C(c2ccccc2N2C(=O)C(Cl)C2c2c[nH]c3ccccc23)CC1c1ccccc1. The molecule has 3 unspecified atom stereocenters. The van der Waals surface area contributed by atoms with Crippen molar-refractivity contribution in [2.45, 2.75) is 30.8 Å². The number of aromatic nitrogens is 1. The van der Waals surface area contributed by atoms with E-state index in [0.29, 0.717) is 6.42 Å². The second-order valence-corrected chi connectivity index (χ2v) is 9.37. The fourth-order valence-electron chi connectivity index (χ4n) is 5.18. The van der Waals surface area contributed by atoms with E-state index in [1.807, 2.05) is 85.1 Å². The van der Waals surface area contributed by atoms with Crippen LogP contribution in [0.3, 0.4) is 0 Å². The van der Waals surface area contributed by atoms with E-state index in [-0.39, 0.29) is 23.9 Å². The van der Waals surface area contributed by atoms with Crippen molar-refractivity contribution >= 4 is 45.7 Å². The molecule has 1 N–H and O–H groups in total. The normalized spacial score (nSPS) is 21.8. The zero-order valence-corrected chi connectivity index (χ0v) is 19.8. The number of para-hydroxylation sites is 2. The summed E-state index contributed by atoms with van der Waals surface area (Å²) in [6, 6.07) is 25.1. The van der Waals surface area contributed by atoms with Gasteiger partial charge in [0.25, 0.3) is 0 Å². The molecule has 1 saturated heterocycles. The van der Waals surface area contributed by atoms with Gasteiger partial charge in [-0.05, 0) is 17.7 Å². The van der Waals surface area contributed by atoms with Crippen LogP contribution in [-0.4, -0.2) is 32.9 Å². The Morgan fingerprint density at radius 1 is 1.00 bits per heavy atom. The van der Waals surface area contributed by atoms with Crippen LogP contribution >= 0.6 is 11.6 Å². The minimum atomic E-state index is -0.654. The minimum absolute atomic E-state index is 0.121. The molecule has 2 aliphatic rings. The molecule has 2 aliphatic heterocycles. The molecule has 0 saturated carbocycles. The summed E-state index contributed by atoms with van der Waals surface area (Å²) in [4.78, 5) is 30.6. The average molecular weight is 483 g/mol. The second-order valence-electron chi connectivity index (χ2n) is 8.90. The summed E-state index contributed by atoms with van der Waals surface area (Å²) in [6.45, 7) is 1.53. The Hall–Kier alpha value is -3.90. The molecular formula is C28H23ClN4O2. The number of fused-ring (bicyclic) bond motifs is 1. The summed E-state index contributed by atoms with van der Waals surface area (Å²) < 4.78 is 0. The zero-order valence-electron chi connectivity index (χ0n) is 19.1. The molecule has 1 fully saturated rings. The largest absolute Gasteiger partial charge is 0.361 e. The topological polar surface area (TPSA) is 68.8 Å². The fraction of sp³-hybridized carbons (Fsp3) is 0.179. The van der Waals surface area contributed by atoms with Crippen LogP contribution in [0.4, 0.5) is 5.69 Å². The number of H-pyrrole nitrogens is 1. The Bertz CT molecular complexity index is 1480. The Morgan fingerprint density at radius 2 is 1.71 bits per heavy atom. The Morgan fingerprint density at radius 3 is 2.51 bits per heavy atom. The van der Waals surface area contributed by atoms with Gasteiger partial charge in [-0.3, -0.25) is 9.59 Å². The maximum absolute atomic E-state index is 13.1. The first-order valence-corrected chi connectivity index (χ1v) is 12.0. The van der Waals surface area contributed by atoms with E-state index in [1.54, 1.807) is 9.91 Å². The van der Waals surface area contributed by atoms with E-state index < -0.39 is 5.38 Å². The van der Waals surface area contributed by atoms with Crippen molar-refractivity contribution < 1.29 is 9.59 Å². The van der Waals surface area contributed by atoms with E-state index in [9.17, 15) is 9.59 Å². The number of hydrogen-bond acceptors (Lipinski definition) is 3. The van der Waals surface area contributed by atoms with Gasteiger partial charge >= 0.3 is 0 Å². The number of hydrazone groups is 1. The number of nitrogens with zero attached hydrogens (tertiary/aromatic N) is 3. The van der Waals surface area contributed by atoms with Crippen LogP contribution in [0.5, 0.6) is 0 Å². The number of carbonyl (C=O) groups is 2. The van der Waals surface area contributed by atoms with Crippen LogP contribution in [0.1, 0.15) is 42.1 Å². The molecule has 3 atom stereocenters. The molecule has 174 valence electrons. The van der Waals surface area contributed by atoms with Gasteiger partial charge in [0.1, 0.15) is 5.38 Å². The average Bonchev–Trinajstić information content (AvgIpc) is 3.52. The van der Waals surface area contributed by atoms with Gasteiger partial charge in [-0.2, -0.15) is 5.10 Å². The third-order valence-corrected chi connectivity index (χ3v) is 7.29. The quantitative estimate of drug-likeness (QED) is 0.305. The highest BCUT2D eigenvalue weighted by atomic mass is 35.5. The van der Waals surface area contributed by atoms with Crippen molar-refractivity contribution in [1.29, 1.82) is 0 Å². The molecule has 3 aromatic carbocycles. The van der Waals surface area contributed by atoms with Gasteiger partial charge in [0.05, 0.1) is 23.5 Å². The lowest BCUT2D eigenvalue weighted by Gasteiger charge is -2.45. The first-order valence-electron chi connectivity index (χ1n) is 11.6. The van der Waals surface area contributed by atoms with Crippen molar-refractivity contribution in [3.05, 3.63) is 102 Å². The lowest BCUT2D eigenvalue weighted by molar-refractivity contribution is -0.130. The number of carbonyl (C=O) groups excluding carboxylic acids is 2. The van der Waals surface area contributed by atoms with E-state index in [1.165, 1.54) is 6.92 Å². The number of aromatic amines is 1. The predicted octanol–water partition coefficient (Wildman–Crippen LogP) is 5.56. The van der Waals surface area contributed by atoms with E-state index in [4.69, 9.17) is 16.7 Å².